The van der Waals surface area contributed by atoms with E-state index in [-0.39, 0.29) is 0 Å². The van der Waals surface area contributed by atoms with Gasteiger partial charge in [-0.3, -0.25) is 9.36 Å². The van der Waals surface area contributed by atoms with Crippen molar-refractivity contribution in [2.24, 2.45) is 0 Å². The van der Waals surface area contributed by atoms with E-state index in [1.165, 1.54) is 0 Å². The molecular weight excluding hydrogens is 323 g/mol. The summed E-state index contributed by atoms with van der Waals surface area (Å²) in [5.74, 6) is -6.94. The average molecular weight is 332 g/mol. The normalized spacial score (nSPS) is 12.5. The first-order valence-electron chi connectivity index (χ1n) is 5.70. The Labute approximate surface area is 118 Å². The molecule has 0 aliphatic carbocycles. The minimum atomic E-state index is -5.77. The highest BCUT2D eigenvalue weighted by Crippen LogP contribution is 2.38. The second-order valence-corrected chi connectivity index (χ2v) is 4.27. The Morgan fingerprint density at radius 3 is 2.36 bits per heavy atom. The van der Waals surface area contributed by atoms with Crippen LogP contribution < -0.4 is 0 Å². The molecule has 1 heterocycles. The van der Waals surface area contributed by atoms with E-state index in [0.717, 1.165) is 6.33 Å². The summed E-state index contributed by atoms with van der Waals surface area (Å²) in [6.45, 7) is -2.13. The van der Waals surface area contributed by atoms with Crippen LogP contribution in [-0.2, 0) is 18.0 Å². The Hall–Kier alpha value is -2.14. The number of nitro groups is 1. The van der Waals surface area contributed by atoms with E-state index >= 15 is 0 Å². The molecule has 124 valence electrons. The number of imidazole rings is 1. The van der Waals surface area contributed by atoms with Crippen LogP contribution in [-0.4, -0.2) is 32.4 Å². The van der Waals surface area contributed by atoms with Gasteiger partial charge in [-0.05, 0) is 9.91 Å². The van der Waals surface area contributed by atoms with Crippen LogP contribution in [0.15, 0.2) is 6.33 Å². The second-order valence-electron chi connectivity index (χ2n) is 4.27. The predicted octanol–water partition coefficient (Wildman–Crippen LogP) is 2.81. The van der Waals surface area contributed by atoms with Gasteiger partial charge in [-0.25, -0.2) is 4.39 Å². The van der Waals surface area contributed by atoms with Crippen LogP contribution in [0.5, 0.6) is 0 Å². The molecule has 0 saturated heterocycles. The first kappa shape index (κ1) is 17.9. The highest BCUT2D eigenvalue weighted by molar-refractivity contribution is 5.78. The lowest BCUT2D eigenvalue weighted by molar-refractivity contribution is -0.390. The van der Waals surface area contributed by atoms with E-state index in [0.29, 0.717) is 4.57 Å². The molecule has 0 bridgehead atoms. The summed E-state index contributed by atoms with van der Waals surface area (Å²) in [7, 11) is 0. The van der Waals surface area contributed by atoms with E-state index in [9.17, 15) is 41.3 Å². The molecule has 0 spiro atoms. The lowest BCUT2D eigenvalue weighted by Crippen LogP contribution is -2.36. The molecule has 0 aliphatic heterocycles. The van der Waals surface area contributed by atoms with Crippen molar-refractivity contribution in [1.82, 2.24) is 9.55 Å². The monoisotopic (exact) mass is 332 g/mol. The number of halogens is 6. The van der Waals surface area contributed by atoms with E-state index < -0.39 is 60.4 Å². The number of carbonyl (C=O) groups is 1. The fourth-order valence-electron chi connectivity index (χ4n) is 1.53. The summed E-state index contributed by atoms with van der Waals surface area (Å²) in [6, 6.07) is 0. The lowest BCUT2D eigenvalue weighted by Gasteiger charge is -2.18. The van der Waals surface area contributed by atoms with Gasteiger partial charge >= 0.3 is 17.9 Å². The van der Waals surface area contributed by atoms with Gasteiger partial charge in [-0.15, -0.1) is 0 Å². The number of hydrogen-bond donors (Lipinski definition) is 0. The van der Waals surface area contributed by atoms with Crippen LogP contribution in [0, 0.1) is 10.1 Å². The molecule has 22 heavy (non-hydrogen) atoms. The van der Waals surface area contributed by atoms with Gasteiger partial charge in [-0.2, -0.15) is 22.0 Å². The second kappa shape index (κ2) is 6.32. The van der Waals surface area contributed by atoms with Gasteiger partial charge in [-0.1, -0.05) is 0 Å². The molecule has 0 aliphatic rings. The highest BCUT2D eigenvalue weighted by Gasteiger charge is 2.56. The number of aromatic nitrogens is 2. The summed E-state index contributed by atoms with van der Waals surface area (Å²) in [4.78, 5) is 24.1. The van der Waals surface area contributed by atoms with Gasteiger partial charge in [0.15, 0.2) is 11.5 Å². The lowest BCUT2D eigenvalue weighted by atomic mass is 10.1. The number of carbonyl (C=O) groups excluding carboxylic acids is 1. The summed E-state index contributed by atoms with van der Waals surface area (Å²) in [5.41, 5.74) is -0.569. The molecule has 1 aromatic heterocycles. The zero-order chi connectivity index (χ0) is 17.1. The van der Waals surface area contributed by atoms with Crippen molar-refractivity contribution in [1.29, 1.82) is 0 Å². The smallest absolute Gasteiger partial charge is 0.358 e. The van der Waals surface area contributed by atoms with Crippen LogP contribution in [0.4, 0.5) is 32.2 Å². The summed E-state index contributed by atoms with van der Waals surface area (Å²) in [6.07, 6.45) is -7.90. The summed E-state index contributed by atoms with van der Waals surface area (Å²) >= 11 is 0. The average Bonchev–Trinajstić information content (AvgIpc) is 2.78. The van der Waals surface area contributed by atoms with Crippen molar-refractivity contribution < 1.29 is 36.1 Å². The summed E-state index contributed by atoms with van der Waals surface area (Å²) < 4.78 is 74.4. The van der Waals surface area contributed by atoms with Crippen molar-refractivity contribution in [2.75, 3.05) is 0 Å². The van der Waals surface area contributed by atoms with Gasteiger partial charge in [0.2, 0.25) is 6.33 Å². The molecule has 1 aromatic rings. The molecule has 0 N–H and O–H groups in total. The van der Waals surface area contributed by atoms with Crippen molar-refractivity contribution in [3.8, 4) is 0 Å². The first-order chi connectivity index (χ1) is 9.99. The first-order valence-corrected chi connectivity index (χ1v) is 5.70. The Morgan fingerprint density at radius 2 is 1.91 bits per heavy atom. The van der Waals surface area contributed by atoms with Crippen LogP contribution in [0.3, 0.4) is 0 Å². The third-order valence-corrected chi connectivity index (χ3v) is 2.70. The number of rotatable bonds is 7. The SMILES string of the molecule is O=C(CCC(F)(F)C(F)(F)F)Cn1cnc([N+](=O)[O-])c1C[18F]. The minimum absolute atomic E-state index is 0.569. The van der Waals surface area contributed by atoms with Crippen LogP contribution in [0.2, 0.25) is 0 Å². The molecule has 6 nitrogen and oxygen atoms in total. The van der Waals surface area contributed by atoms with E-state index in [2.05, 4.69) is 4.98 Å². The molecule has 0 amide bonds. The molecular formula is C10H9F6N3O3. The molecule has 1 rings (SSSR count). The molecule has 0 saturated carbocycles. The highest BCUT2D eigenvalue weighted by atomic mass is 19.4. The number of Topliss-reactive ketones (excluding diaryl/α,β-unsaturated/α-hetero) is 1. The van der Waals surface area contributed by atoms with Gasteiger partial charge in [0.1, 0.15) is 6.67 Å². The fraction of sp³-hybridized carbons (Fsp3) is 0.600. The zero-order valence-electron chi connectivity index (χ0n) is 10.7. The minimum Gasteiger partial charge on any atom is -0.358 e. The van der Waals surface area contributed by atoms with Gasteiger partial charge in [0, 0.05) is 12.8 Å². The van der Waals surface area contributed by atoms with Gasteiger partial charge < -0.3 is 10.1 Å². The Morgan fingerprint density at radius 1 is 1.32 bits per heavy atom. The maximum Gasteiger partial charge on any atom is 0.453 e. The van der Waals surface area contributed by atoms with Crippen molar-refractivity contribution in [3.05, 3.63) is 22.1 Å². The Balaban J connectivity index is 2.73. The zero-order valence-corrected chi connectivity index (χ0v) is 10.7. The maximum absolute atomic E-state index is 12.7. The largest absolute Gasteiger partial charge is 0.453 e. The maximum atomic E-state index is 12.7. The molecule has 0 radical (unpaired) electrons. The Kier molecular flexibility index (Phi) is 5.14. The van der Waals surface area contributed by atoms with Gasteiger partial charge in [0.05, 0.1) is 6.54 Å². The van der Waals surface area contributed by atoms with Crippen LogP contribution in [0.25, 0.3) is 0 Å². The Bertz CT molecular complexity index is 569. The van der Waals surface area contributed by atoms with Gasteiger partial charge in [0.25, 0.3) is 0 Å². The standard InChI is InChI=1S/C10H9F6N3O3/c11-3-7-8(19(21)22)17-5-18(7)4-6(20)1-2-9(12,13)10(14,15)16/h5H,1-4H2/i11-1. The topological polar surface area (TPSA) is 78.0 Å². The fourth-order valence-corrected chi connectivity index (χ4v) is 1.53. The number of nitrogens with zero attached hydrogens (tertiary/aromatic N) is 3. The van der Waals surface area contributed by atoms with Crippen molar-refractivity contribution >= 4 is 11.6 Å². The van der Waals surface area contributed by atoms with Crippen molar-refractivity contribution in [3.63, 3.8) is 0 Å². The van der Waals surface area contributed by atoms with E-state index in [1.807, 2.05) is 0 Å². The third-order valence-electron chi connectivity index (χ3n) is 2.70. The quantitative estimate of drug-likeness (QED) is 0.437. The van der Waals surface area contributed by atoms with Crippen LogP contribution in [0.1, 0.15) is 18.5 Å². The molecule has 0 unspecified atom stereocenters. The predicted molar refractivity (Wildman–Crippen MR) is 58.9 cm³/mol. The molecule has 0 atom stereocenters. The molecule has 0 aromatic carbocycles. The number of hydrogen-bond acceptors (Lipinski definition) is 4. The molecule has 0 fully saturated rings. The van der Waals surface area contributed by atoms with Crippen molar-refractivity contribution in [2.45, 2.75) is 38.2 Å². The van der Waals surface area contributed by atoms with Crippen LogP contribution >= 0.6 is 0 Å². The number of ketones is 1. The third kappa shape index (κ3) is 3.95. The van der Waals surface area contributed by atoms with E-state index in [1.54, 1.807) is 0 Å². The molecule has 12 heteroatoms. The number of alkyl halides is 6. The summed E-state index contributed by atoms with van der Waals surface area (Å²) in [5, 5.41) is 10.5. The van der Waals surface area contributed by atoms with E-state index in [4.69, 9.17) is 0 Å².